The number of hydrogen-bond donors (Lipinski definition) is 2. The fourth-order valence-electron chi connectivity index (χ4n) is 1.71. The van der Waals surface area contributed by atoms with Crippen molar-refractivity contribution < 1.29 is 23.1 Å². The van der Waals surface area contributed by atoms with Crippen LogP contribution in [0, 0.1) is 0 Å². The molecule has 0 aliphatic rings. The van der Waals surface area contributed by atoms with E-state index >= 15 is 0 Å². The van der Waals surface area contributed by atoms with Crippen LogP contribution in [0.4, 0.5) is 18.9 Å². The number of anilines is 1. The molecule has 0 radical (unpaired) electrons. The average Bonchev–Trinajstić information content (AvgIpc) is 2.34. The lowest BCUT2D eigenvalue weighted by molar-refractivity contribution is -0.147. The highest BCUT2D eigenvalue weighted by Crippen LogP contribution is 2.17. The summed E-state index contributed by atoms with van der Waals surface area (Å²) in [5.41, 5.74) is 0.483. The SMILES string of the molecule is O=C(CCN(CCO)CC(F)(F)F)Nc1cccc(Cl)c1. The lowest BCUT2D eigenvalue weighted by atomic mass is 10.3. The molecule has 0 heterocycles. The number of alkyl halides is 3. The van der Waals surface area contributed by atoms with Crippen LogP contribution in [0.1, 0.15) is 6.42 Å². The van der Waals surface area contributed by atoms with E-state index in [1.807, 2.05) is 0 Å². The monoisotopic (exact) mass is 324 g/mol. The van der Waals surface area contributed by atoms with Gasteiger partial charge in [0, 0.05) is 30.2 Å². The maximum Gasteiger partial charge on any atom is 0.401 e. The number of carbonyl (C=O) groups excluding carboxylic acids is 1. The van der Waals surface area contributed by atoms with E-state index in [1.54, 1.807) is 24.3 Å². The second kappa shape index (κ2) is 8.21. The van der Waals surface area contributed by atoms with Crippen LogP contribution in [0.2, 0.25) is 5.02 Å². The van der Waals surface area contributed by atoms with Crippen LogP contribution in [-0.2, 0) is 4.79 Å². The molecule has 21 heavy (non-hydrogen) atoms. The van der Waals surface area contributed by atoms with Crippen molar-refractivity contribution in [2.45, 2.75) is 12.6 Å². The van der Waals surface area contributed by atoms with Gasteiger partial charge in [-0.25, -0.2) is 0 Å². The van der Waals surface area contributed by atoms with Crippen molar-refractivity contribution in [3.8, 4) is 0 Å². The predicted octanol–water partition coefficient (Wildman–Crippen LogP) is 2.53. The Balaban J connectivity index is 2.46. The van der Waals surface area contributed by atoms with Crippen molar-refractivity contribution in [2.75, 3.05) is 31.6 Å². The maximum absolute atomic E-state index is 12.3. The second-order valence-corrected chi connectivity index (χ2v) is 4.86. The fourth-order valence-corrected chi connectivity index (χ4v) is 1.90. The van der Waals surface area contributed by atoms with E-state index in [4.69, 9.17) is 16.7 Å². The number of halogens is 4. The highest BCUT2D eigenvalue weighted by Gasteiger charge is 2.30. The topological polar surface area (TPSA) is 52.6 Å². The number of carbonyl (C=O) groups is 1. The summed E-state index contributed by atoms with van der Waals surface area (Å²) in [5, 5.41) is 11.7. The first-order valence-electron chi connectivity index (χ1n) is 6.25. The third kappa shape index (κ3) is 7.89. The molecule has 1 aromatic rings. The Morgan fingerprint density at radius 3 is 2.62 bits per heavy atom. The molecular weight excluding hydrogens is 309 g/mol. The summed E-state index contributed by atoms with van der Waals surface area (Å²) >= 11 is 5.76. The molecule has 0 spiro atoms. The Morgan fingerprint density at radius 1 is 1.33 bits per heavy atom. The van der Waals surface area contributed by atoms with Crippen molar-refractivity contribution in [3.05, 3.63) is 29.3 Å². The summed E-state index contributed by atoms with van der Waals surface area (Å²) in [6.45, 7) is -1.78. The van der Waals surface area contributed by atoms with E-state index in [-0.39, 0.29) is 19.5 Å². The third-order valence-corrected chi connectivity index (χ3v) is 2.82. The standard InChI is InChI=1S/C13H16ClF3N2O2/c14-10-2-1-3-11(8-10)18-12(21)4-5-19(6-7-20)9-13(15,16)17/h1-3,8,20H,4-7,9H2,(H,18,21). The minimum atomic E-state index is -4.36. The van der Waals surface area contributed by atoms with Gasteiger partial charge in [0.15, 0.2) is 0 Å². The van der Waals surface area contributed by atoms with Crippen LogP contribution >= 0.6 is 11.6 Å². The first-order valence-corrected chi connectivity index (χ1v) is 6.63. The van der Waals surface area contributed by atoms with Gasteiger partial charge in [0.25, 0.3) is 0 Å². The quantitative estimate of drug-likeness (QED) is 0.810. The molecule has 8 heteroatoms. The largest absolute Gasteiger partial charge is 0.401 e. The number of hydrogen-bond acceptors (Lipinski definition) is 3. The molecule has 0 aromatic heterocycles. The second-order valence-electron chi connectivity index (χ2n) is 4.42. The van der Waals surface area contributed by atoms with Gasteiger partial charge in [0.1, 0.15) is 0 Å². The number of nitrogens with one attached hydrogen (secondary N) is 1. The molecule has 118 valence electrons. The highest BCUT2D eigenvalue weighted by molar-refractivity contribution is 6.30. The van der Waals surface area contributed by atoms with Gasteiger partial charge in [-0.3, -0.25) is 9.69 Å². The van der Waals surface area contributed by atoms with Crippen LogP contribution < -0.4 is 5.32 Å². The van der Waals surface area contributed by atoms with E-state index < -0.39 is 25.2 Å². The molecule has 0 saturated carbocycles. The number of nitrogens with zero attached hydrogens (tertiary/aromatic N) is 1. The number of aliphatic hydroxyl groups is 1. The van der Waals surface area contributed by atoms with E-state index in [1.165, 1.54) is 0 Å². The highest BCUT2D eigenvalue weighted by atomic mass is 35.5. The molecule has 0 aliphatic heterocycles. The number of amides is 1. The molecule has 1 aromatic carbocycles. The van der Waals surface area contributed by atoms with E-state index in [9.17, 15) is 18.0 Å². The minimum absolute atomic E-state index is 0.0908. The first kappa shape index (κ1) is 17.7. The van der Waals surface area contributed by atoms with Gasteiger partial charge in [0.05, 0.1) is 13.2 Å². The summed E-state index contributed by atoms with van der Waals surface area (Å²) in [5.74, 6) is -0.414. The smallest absolute Gasteiger partial charge is 0.395 e. The zero-order valence-electron chi connectivity index (χ0n) is 11.2. The molecule has 0 bridgehead atoms. The number of benzene rings is 1. The molecule has 0 saturated heterocycles. The van der Waals surface area contributed by atoms with Crippen molar-refractivity contribution >= 4 is 23.2 Å². The Hall–Kier alpha value is -1.31. The maximum atomic E-state index is 12.3. The predicted molar refractivity (Wildman–Crippen MR) is 74.3 cm³/mol. The van der Waals surface area contributed by atoms with Gasteiger partial charge in [-0.05, 0) is 18.2 Å². The summed E-state index contributed by atoms with van der Waals surface area (Å²) < 4.78 is 36.9. The Labute approximate surface area is 125 Å². The Morgan fingerprint density at radius 2 is 2.05 bits per heavy atom. The number of rotatable bonds is 7. The average molecular weight is 325 g/mol. The van der Waals surface area contributed by atoms with Crippen molar-refractivity contribution in [3.63, 3.8) is 0 Å². The Bertz CT molecular complexity index is 469. The summed E-state index contributed by atoms with van der Waals surface area (Å²) in [6.07, 6.45) is -4.47. The first-order chi connectivity index (χ1) is 9.80. The summed E-state index contributed by atoms with van der Waals surface area (Å²) in [4.78, 5) is 12.7. The fraction of sp³-hybridized carbons (Fsp3) is 0.462. The Kier molecular flexibility index (Phi) is 6.94. The van der Waals surface area contributed by atoms with Crippen LogP contribution in [0.25, 0.3) is 0 Å². The lowest BCUT2D eigenvalue weighted by Gasteiger charge is -2.22. The van der Waals surface area contributed by atoms with Gasteiger partial charge in [-0.15, -0.1) is 0 Å². The molecule has 1 amide bonds. The molecule has 4 nitrogen and oxygen atoms in total. The molecule has 0 fully saturated rings. The van der Waals surface area contributed by atoms with Crippen LogP contribution in [0.3, 0.4) is 0 Å². The molecule has 1 rings (SSSR count). The zero-order chi connectivity index (χ0) is 15.9. The van der Waals surface area contributed by atoms with Gasteiger partial charge >= 0.3 is 6.18 Å². The van der Waals surface area contributed by atoms with Gasteiger partial charge in [-0.1, -0.05) is 17.7 Å². The van der Waals surface area contributed by atoms with Gasteiger partial charge < -0.3 is 10.4 Å². The van der Waals surface area contributed by atoms with E-state index in [0.29, 0.717) is 10.7 Å². The van der Waals surface area contributed by atoms with Crippen molar-refractivity contribution in [1.82, 2.24) is 4.90 Å². The van der Waals surface area contributed by atoms with Crippen LogP contribution in [-0.4, -0.2) is 48.3 Å². The molecule has 2 N–H and O–H groups in total. The molecule has 0 atom stereocenters. The third-order valence-electron chi connectivity index (χ3n) is 2.58. The molecule has 0 aliphatic carbocycles. The number of aliphatic hydroxyl groups excluding tert-OH is 1. The molecule has 0 unspecified atom stereocenters. The van der Waals surface area contributed by atoms with Crippen LogP contribution in [0.5, 0.6) is 0 Å². The van der Waals surface area contributed by atoms with Gasteiger partial charge in [0.2, 0.25) is 5.91 Å². The lowest BCUT2D eigenvalue weighted by Crippen LogP contribution is -2.38. The van der Waals surface area contributed by atoms with Crippen molar-refractivity contribution in [1.29, 1.82) is 0 Å². The zero-order valence-corrected chi connectivity index (χ0v) is 11.9. The van der Waals surface area contributed by atoms with Crippen molar-refractivity contribution in [2.24, 2.45) is 0 Å². The van der Waals surface area contributed by atoms with Crippen LogP contribution in [0.15, 0.2) is 24.3 Å². The summed E-state index contributed by atoms with van der Waals surface area (Å²) in [6, 6.07) is 6.47. The molecular formula is C13H16ClF3N2O2. The van der Waals surface area contributed by atoms with Gasteiger partial charge in [-0.2, -0.15) is 13.2 Å². The summed E-state index contributed by atoms with van der Waals surface area (Å²) in [7, 11) is 0. The van der Waals surface area contributed by atoms with E-state index in [2.05, 4.69) is 5.32 Å². The minimum Gasteiger partial charge on any atom is -0.395 e. The normalized spacial score (nSPS) is 11.7. The van der Waals surface area contributed by atoms with E-state index in [0.717, 1.165) is 4.90 Å².